The van der Waals surface area contributed by atoms with Crippen molar-refractivity contribution >= 4 is 45.0 Å². The van der Waals surface area contributed by atoms with Crippen LogP contribution in [0.2, 0.25) is 5.02 Å². The van der Waals surface area contributed by atoms with Gasteiger partial charge in [-0.05, 0) is 38.1 Å². The summed E-state index contributed by atoms with van der Waals surface area (Å²) in [6, 6.07) is 11.1. The fraction of sp³-hybridized carbons (Fsp3) is 0.182. The third-order valence-electron chi connectivity index (χ3n) is 4.64. The minimum absolute atomic E-state index is 0.157. The van der Waals surface area contributed by atoms with Gasteiger partial charge in [-0.15, -0.1) is 0 Å². The van der Waals surface area contributed by atoms with Gasteiger partial charge in [0.25, 0.3) is 5.91 Å². The summed E-state index contributed by atoms with van der Waals surface area (Å²) >= 11 is 7.36. The van der Waals surface area contributed by atoms with Crippen molar-refractivity contribution < 1.29 is 23.2 Å². The van der Waals surface area contributed by atoms with Crippen LogP contribution in [-0.2, 0) is 16.1 Å². The maximum atomic E-state index is 13.8. The van der Waals surface area contributed by atoms with E-state index in [2.05, 4.69) is 10.1 Å². The Bertz CT molecular complexity index is 1410. The molecule has 1 amide bonds. The molecule has 7 nitrogen and oxygen atoms in total. The van der Waals surface area contributed by atoms with Gasteiger partial charge >= 0.3 is 5.97 Å². The van der Waals surface area contributed by atoms with Gasteiger partial charge in [-0.3, -0.25) is 9.59 Å². The normalized spacial score (nSPS) is 11.8. The number of carbonyl (C=O) groups is 2. The van der Waals surface area contributed by atoms with Crippen LogP contribution in [0.1, 0.15) is 23.0 Å². The zero-order valence-electron chi connectivity index (χ0n) is 17.1. The molecule has 0 radical (unpaired) electrons. The summed E-state index contributed by atoms with van der Waals surface area (Å²) < 4.78 is 26.1. The van der Waals surface area contributed by atoms with Crippen LogP contribution in [-0.4, -0.2) is 28.2 Å². The second kappa shape index (κ2) is 9.05. The van der Waals surface area contributed by atoms with Gasteiger partial charge in [0.1, 0.15) is 29.4 Å². The van der Waals surface area contributed by atoms with E-state index in [4.69, 9.17) is 20.9 Å². The van der Waals surface area contributed by atoms with Crippen LogP contribution in [0.4, 0.5) is 4.39 Å². The molecular formula is C22H17ClFN3O4S. The number of ether oxygens (including phenoxy) is 1. The van der Waals surface area contributed by atoms with Gasteiger partial charge in [-0.2, -0.15) is 4.99 Å². The van der Waals surface area contributed by atoms with E-state index in [0.29, 0.717) is 20.8 Å². The molecule has 0 unspecified atom stereocenters. The molecule has 32 heavy (non-hydrogen) atoms. The summed E-state index contributed by atoms with van der Waals surface area (Å²) in [5, 5.41) is 4.40. The molecule has 0 aliphatic rings. The number of carbonyl (C=O) groups excluding carboxylic acids is 2. The van der Waals surface area contributed by atoms with Crippen molar-refractivity contribution in [1.82, 2.24) is 9.72 Å². The van der Waals surface area contributed by atoms with Crippen LogP contribution in [0.5, 0.6) is 0 Å². The zero-order chi connectivity index (χ0) is 22.8. The predicted molar refractivity (Wildman–Crippen MR) is 118 cm³/mol. The van der Waals surface area contributed by atoms with Crippen LogP contribution < -0.4 is 4.80 Å². The first kappa shape index (κ1) is 21.9. The molecule has 164 valence electrons. The third kappa shape index (κ3) is 4.21. The number of amides is 1. The standard InChI is InChI=1S/C22H17ClFN3O4S/c1-3-30-18(28)11-27-16-9-8-13(24)10-17(16)32-22(27)25-21(29)19-12(2)31-26-20(19)14-6-4-5-7-15(14)23/h4-10H,3,11H2,1-2H3. The van der Waals surface area contributed by atoms with Crippen LogP contribution in [0.15, 0.2) is 52.0 Å². The van der Waals surface area contributed by atoms with Crippen molar-refractivity contribution in [3.8, 4) is 11.3 Å². The fourth-order valence-electron chi connectivity index (χ4n) is 3.22. The van der Waals surface area contributed by atoms with Crippen LogP contribution in [0.25, 0.3) is 21.5 Å². The van der Waals surface area contributed by atoms with E-state index >= 15 is 0 Å². The molecule has 10 heteroatoms. The lowest BCUT2D eigenvalue weighted by atomic mass is 10.1. The van der Waals surface area contributed by atoms with Gasteiger partial charge in [-0.25, -0.2) is 4.39 Å². The van der Waals surface area contributed by atoms with Crippen LogP contribution in [0.3, 0.4) is 0 Å². The zero-order valence-corrected chi connectivity index (χ0v) is 18.7. The Balaban J connectivity index is 1.85. The average molecular weight is 474 g/mol. The maximum Gasteiger partial charge on any atom is 0.326 e. The summed E-state index contributed by atoms with van der Waals surface area (Å²) in [6.07, 6.45) is 0. The average Bonchev–Trinajstić information content (AvgIpc) is 3.28. The first-order valence-corrected chi connectivity index (χ1v) is 10.8. The van der Waals surface area contributed by atoms with Gasteiger partial charge in [0.2, 0.25) is 0 Å². The highest BCUT2D eigenvalue weighted by Crippen LogP contribution is 2.31. The highest BCUT2D eigenvalue weighted by molar-refractivity contribution is 7.16. The Kier molecular flexibility index (Phi) is 6.20. The Morgan fingerprint density at radius 3 is 2.81 bits per heavy atom. The van der Waals surface area contributed by atoms with E-state index in [-0.39, 0.29) is 35.0 Å². The molecule has 0 saturated heterocycles. The molecule has 0 saturated carbocycles. The number of halogens is 2. The van der Waals surface area contributed by atoms with Crippen LogP contribution in [0, 0.1) is 12.7 Å². The SMILES string of the molecule is CCOC(=O)Cn1c(=NC(=O)c2c(-c3ccccc3Cl)noc2C)sc2cc(F)ccc21. The topological polar surface area (TPSA) is 86.7 Å². The fourth-order valence-corrected chi connectivity index (χ4v) is 4.50. The Hall–Kier alpha value is -3.30. The highest BCUT2D eigenvalue weighted by atomic mass is 35.5. The van der Waals surface area contributed by atoms with Gasteiger partial charge < -0.3 is 13.8 Å². The van der Waals surface area contributed by atoms with Crippen molar-refractivity contribution in [2.45, 2.75) is 20.4 Å². The molecule has 0 bridgehead atoms. The number of aryl methyl sites for hydroxylation is 1. The molecule has 0 aliphatic carbocycles. The van der Waals surface area contributed by atoms with Gasteiger partial charge in [-0.1, -0.05) is 46.3 Å². The molecule has 2 aromatic heterocycles. The molecule has 0 aliphatic heterocycles. The number of hydrogen-bond donors (Lipinski definition) is 0. The predicted octanol–water partition coefficient (Wildman–Crippen LogP) is 4.76. The Morgan fingerprint density at radius 1 is 1.28 bits per heavy atom. The summed E-state index contributed by atoms with van der Waals surface area (Å²) in [7, 11) is 0. The number of hydrogen-bond acceptors (Lipinski definition) is 6. The lowest BCUT2D eigenvalue weighted by Gasteiger charge is -2.05. The smallest absolute Gasteiger partial charge is 0.326 e. The lowest BCUT2D eigenvalue weighted by molar-refractivity contribution is -0.143. The molecule has 0 fully saturated rings. The highest BCUT2D eigenvalue weighted by Gasteiger charge is 2.23. The molecule has 0 atom stereocenters. The van der Waals surface area contributed by atoms with E-state index in [0.717, 1.165) is 11.3 Å². The van der Waals surface area contributed by atoms with Gasteiger partial charge in [0, 0.05) is 5.56 Å². The number of fused-ring (bicyclic) bond motifs is 1. The number of nitrogens with zero attached hydrogens (tertiary/aromatic N) is 3. The van der Waals surface area contributed by atoms with Crippen molar-refractivity contribution in [2.24, 2.45) is 4.99 Å². The van der Waals surface area contributed by atoms with E-state index in [1.807, 2.05) is 0 Å². The van der Waals surface area contributed by atoms with E-state index in [9.17, 15) is 14.0 Å². The first-order valence-electron chi connectivity index (χ1n) is 9.63. The molecule has 2 heterocycles. The van der Waals surface area contributed by atoms with Gasteiger partial charge in [0.15, 0.2) is 4.80 Å². The molecule has 4 rings (SSSR count). The molecular weight excluding hydrogens is 457 g/mol. The number of benzene rings is 2. The Labute approximate surface area is 190 Å². The first-order chi connectivity index (χ1) is 15.4. The number of thiazole rings is 1. The monoisotopic (exact) mass is 473 g/mol. The van der Waals surface area contributed by atoms with Gasteiger partial charge in [0.05, 0.1) is 21.8 Å². The van der Waals surface area contributed by atoms with Crippen molar-refractivity contribution in [3.05, 3.63) is 69.4 Å². The van der Waals surface area contributed by atoms with Crippen molar-refractivity contribution in [3.63, 3.8) is 0 Å². The lowest BCUT2D eigenvalue weighted by Crippen LogP contribution is -2.23. The Morgan fingerprint density at radius 2 is 2.06 bits per heavy atom. The number of rotatable bonds is 5. The van der Waals surface area contributed by atoms with E-state index < -0.39 is 17.7 Å². The van der Waals surface area contributed by atoms with E-state index in [1.165, 1.54) is 22.8 Å². The maximum absolute atomic E-state index is 13.8. The summed E-state index contributed by atoms with van der Waals surface area (Å²) in [5.41, 5.74) is 1.52. The number of aromatic nitrogens is 2. The second-order valence-corrected chi connectivity index (χ2v) is 8.16. The largest absolute Gasteiger partial charge is 0.465 e. The summed E-state index contributed by atoms with van der Waals surface area (Å²) in [4.78, 5) is 29.8. The minimum Gasteiger partial charge on any atom is -0.465 e. The quantitative estimate of drug-likeness (QED) is 0.390. The van der Waals surface area contributed by atoms with Crippen molar-refractivity contribution in [1.29, 1.82) is 0 Å². The number of esters is 1. The van der Waals surface area contributed by atoms with Crippen LogP contribution >= 0.6 is 22.9 Å². The molecule has 0 N–H and O–H groups in total. The summed E-state index contributed by atoms with van der Waals surface area (Å²) in [5.74, 6) is -1.28. The minimum atomic E-state index is -0.622. The summed E-state index contributed by atoms with van der Waals surface area (Å²) in [6.45, 7) is 3.33. The molecule has 4 aromatic rings. The third-order valence-corrected chi connectivity index (χ3v) is 6.01. The van der Waals surface area contributed by atoms with E-state index in [1.54, 1.807) is 38.1 Å². The molecule has 2 aromatic carbocycles. The van der Waals surface area contributed by atoms with Crippen molar-refractivity contribution in [2.75, 3.05) is 6.61 Å². The second-order valence-electron chi connectivity index (χ2n) is 6.75. The molecule has 0 spiro atoms.